The Bertz CT molecular complexity index is 625. The van der Waals surface area contributed by atoms with E-state index >= 15 is 0 Å². The Morgan fingerprint density at radius 3 is 2.52 bits per heavy atom. The third-order valence-electron chi connectivity index (χ3n) is 8.50. The molecular weight excluding hydrogens is 316 g/mol. The highest BCUT2D eigenvalue weighted by atomic mass is 16.5. The normalized spacial score (nSPS) is 49.2. The molecule has 7 atom stereocenters. The predicted molar refractivity (Wildman–Crippen MR) is 92.7 cm³/mol. The SMILES string of the molecule is CC(=O)O[C@H]1C[C@@H]2[C@H](CC[C@]3(C)C(=O)CC[C@@H]23)[C@@]2(C)CCC(=O)CC12. The molecule has 0 spiro atoms. The second-order valence-corrected chi connectivity index (χ2v) is 9.53. The first-order valence-electron chi connectivity index (χ1n) is 9.98. The Balaban J connectivity index is 1.71. The van der Waals surface area contributed by atoms with E-state index in [1.807, 2.05) is 0 Å². The van der Waals surface area contributed by atoms with Crippen LogP contribution in [0.2, 0.25) is 0 Å². The van der Waals surface area contributed by atoms with Crippen LogP contribution in [-0.2, 0) is 19.1 Å². The van der Waals surface area contributed by atoms with Crippen molar-refractivity contribution in [2.24, 2.45) is 34.5 Å². The Morgan fingerprint density at radius 1 is 1.04 bits per heavy atom. The maximum atomic E-state index is 12.5. The molecule has 0 saturated heterocycles. The Kier molecular flexibility index (Phi) is 3.90. The van der Waals surface area contributed by atoms with Crippen LogP contribution in [0.5, 0.6) is 0 Å². The third kappa shape index (κ3) is 2.43. The zero-order chi connectivity index (χ0) is 18.0. The zero-order valence-electron chi connectivity index (χ0n) is 15.7. The second-order valence-electron chi connectivity index (χ2n) is 9.53. The summed E-state index contributed by atoms with van der Waals surface area (Å²) in [4.78, 5) is 36.4. The van der Waals surface area contributed by atoms with Crippen molar-refractivity contribution < 1.29 is 19.1 Å². The highest BCUT2D eigenvalue weighted by Gasteiger charge is 2.62. The molecule has 0 N–H and O–H groups in total. The fraction of sp³-hybridized carbons (Fsp3) is 0.857. The van der Waals surface area contributed by atoms with Gasteiger partial charge in [-0.2, -0.15) is 0 Å². The number of carbonyl (C=O) groups is 3. The van der Waals surface area contributed by atoms with E-state index in [0.29, 0.717) is 48.6 Å². The Hall–Kier alpha value is -1.19. The van der Waals surface area contributed by atoms with Crippen molar-refractivity contribution in [2.45, 2.75) is 78.2 Å². The molecular formula is C21H30O4. The average Bonchev–Trinajstić information content (AvgIpc) is 2.84. The van der Waals surface area contributed by atoms with E-state index in [1.165, 1.54) is 6.92 Å². The van der Waals surface area contributed by atoms with Crippen molar-refractivity contribution in [2.75, 3.05) is 0 Å². The van der Waals surface area contributed by atoms with Gasteiger partial charge in [0.2, 0.25) is 0 Å². The van der Waals surface area contributed by atoms with Crippen LogP contribution in [0.15, 0.2) is 0 Å². The lowest BCUT2D eigenvalue weighted by molar-refractivity contribution is -0.185. The van der Waals surface area contributed by atoms with E-state index in [9.17, 15) is 14.4 Å². The quantitative estimate of drug-likeness (QED) is 0.679. The van der Waals surface area contributed by atoms with Crippen molar-refractivity contribution in [3.05, 3.63) is 0 Å². The third-order valence-corrected chi connectivity index (χ3v) is 8.50. The van der Waals surface area contributed by atoms with Crippen molar-refractivity contribution in [3.63, 3.8) is 0 Å². The van der Waals surface area contributed by atoms with Gasteiger partial charge < -0.3 is 4.74 Å². The first-order chi connectivity index (χ1) is 11.8. The first-order valence-corrected chi connectivity index (χ1v) is 9.98. The molecule has 0 aliphatic heterocycles. The highest BCUT2D eigenvalue weighted by molar-refractivity contribution is 5.87. The lowest BCUT2D eigenvalue weighted by Gasteiger charge is -2.60. The predicted octanol–water partition coefficient (Wildman–Crippen LogP) is 3.71. The number of rotatable bonds is 1. The lowest BCUT2D eigenvalue weighted by atomic mass is 9.44. The van der Waals surface area contributed by atoms with Gasteiger partial charge in [-0.05, 0) is 55.3 Å². The monoisotopic (exact) mass is 346 g/mol. The van der Waals surface area contributed by atoms with Gasteiger partial charge in [0, 0.05) is 37.5 Å². The summed E-state index contributed by atoms with van der Waals surface area (Å²) >= 11 is 0. The molecule has 0 bridgehead atoms. The van der Waals surface area contributed by atoms with E-state index in [0.717, 1.165) is 32.1 Å². The van der Waals surface area contributed by atoms with E-state index < -0.39 is 0 Å². The number of fused-ring (bicyclic) bond motifs is 5. The molecule has 0 amide bonds. The number of carbonyl (C=O) groups excluding carboxylic acids is 3. The summed E-state index contributed by atoms with van der Waals surface area (Å²) in [5.41, 5.74) is -0.112. The fourth-order valence-electron chi connectivity index (χ4n) is 7.17. The summed E-state index contributed by atoms with van der Waals surface area (Å²) < 4.78 is 5.76. The van der Waals surface area contributed by atoms with Crippen LogP contribution in [0.25, 0.3) is 0 Å². The van der Waals surface area contributed by atoms with Crippen LogP contribution in [0.3, 0.4) is 0 Å². The zero-order valence-corrected chi connectivity index (χ0v) is 15.7. The molecule has 25 heavy (non-hydrogen) atoms. The summed E-state index contributed by atoms with van der Waals surface area (Å²) in [5.74, 6) is 2.09. The Morgan fingerprint density at radius 2 is 1.80 bits per heavy atom. The van der Waals surface area contributed by atoms with Crippen molar-refractivity contribution in [3.8, 4) is 0 Å². The minimum Gasteiger partial charge on any atom is -0.462 e. The van der Waals surface area contributed by atoms with Crippen molar-refractivity contribution in [1.29, 1.82) is 0 Å². The molecule has 4 heteroatoms. The van der Waals surface area contributed by atoms with Crippen LogP contribution in [0, 0.1) is 34.5 Å². The van der Waals surface area contributed by atoms with E-state index in [2.05, 4.69) is 13.8 Å². The molecule has 4 fully saturated rings. The largest absolute Gasteiger partial charge is 0.462 e. The summed E-state index contributed by atoms with van der Waals surface area (Å²) in [5, 5.41) is 0. The number of hydrogen-bond donors (Lipinski definition) is 0. The molecule has 0 heterocycles. The molecule has 4 nitrogen and oxygen atoms in total. The molecule has 0 aromatic carbocycles. The van der Waals surface area contributed by atoms with Crippen LogP contribution in [0.4, 0.5) is 0 Å². The molecule has 4 rings (SSSR count). The summed E-state index contributed by atoms with van der Waals surface area (Å²) in [6.07, 6.45) is 6.57. The first kappa shape index (κ1) is 17.2. The Labute approximate surface area is 150 Å². The minimum atomic E-state index is -0.245. The molecule has 4 aliphatic carbocycles. The van der Waals surface area contributed by atoms with Gasteiger partial charge in [0.05, 0.1) is 0 Å². The fourth-order valence-corrected chi connectivity index (χ4v) is 7.17. The summed E-state index contributed by atoms with van der Waals surface area (Å²) in [6.45, 7) is 5.97. The summed E-state index contributed by atoms with van der Waals surface area (Å²) in [7, 11) is 0. The van der Waals surface area contributed by atoms with Crippen molar-refractivity contribution >= 4 is 17.5 Å². The number of hydrogen-bond acceptors (Lipinski definition) is 4. The lowest BCUT2D eigenvalue weighted by Crippen LogP contribution is -2.58. The van der Waals surface area contributed by atoms with E-state index in [-0.39, 0.29) is 28.8 Å². The number of esters is 1. The van der Waals surface area contributed by atoms with Gasteiger partial charge in [-0.3, -0.25) is 14.4 Å². The van der Waals surface area contributed by atoms with E-state index in [1.54, 1.807) is 0 Å². The van der Waals surface area contributed by atoms with Crippen molar-refractivity contribution in [1.82, 2.24) is 0 Å². The van der Waals surface area contributed by atoms with Crippen LogP contribution in [-0.4, -0.2) is 23.6 Å². The molecule has 4 aliphatic rings. The van der Waals surface area contributed by atoms with Gasteiger partial charge in [-0.1, -0.05) is 13.8 Å². The van der Waals surface area contributed by atoms with Gasteiger partial charge in [0.25, 0.3) is 0 Å². The molecule has 0 aromatic heterocycles. The maximum Gasteiger partial charge on any atom is 0.302 e. The maximum absolute atomic E-state index is 12.5. The van der Waals surface area contributed by atoms with Gasteiger partial charge in [-0.15, -0.1) is 0 Å². The standard InChI is InChI=1S/C21H30O4/c1-12(22)25-18-11-14-15-4-5-19(24)21(15,3)9-7-16(14)20(2)8-6-13(23)10-17(18)20/h14-18H,4-11H2,1-3H3/t14-,15-,16-,17?,18-,20+,21-/m0/s1. The van der Waals surface area contributed by atoms with Gasteiger partial charge >= 0.3 is 5.97 Å². The van der Waals surface area contributed by atoms with Gasteiger partial charge in [0.1, 0.15) is 17.7 Å². The smallest absolute Gasteiger partial charge is 0.302 e. The van der Waals surface area contributed by atoms with Gasteiger partial charge in [0.15, 0.2) is 0 Å². The van der Waals surface area contributed by atoms with Gasteiger partial charge in [-0.25, -0.2) is 0 Å². The number of ether oxygens (including phenoxy) is 1. The number of Topliss-reactive ketones (excluding diaryl/α,β-unsaturated/α-hetero) is 2. The number of ketones is 2. The van der Waals surface area contributed by atoms with E-state index in [4.69, 9.17) is 4.74 Å². The minimum absolute atomic E-state index is 0.0594. The molecule has 1 unspecified atom stereocenters. The average molecular weight is 346 g/mol. The van der Waals surface area contributed by atoms with Crippen LogP contribution in [0.1, 0.15) is 72.1 Å². The molecule has 0 aromatic rings. The molecule has 138 valence electrons. The van der Waals surface area contributed by atoms with Crippen LogP contribution < -0.4 is 0 Å². The topological polar surface area (TPSA) is 60.4 Å². The second kappa shape index (κ2) is 5.65. The summed E-state index contributed by atoms with van der Waals surface area (Å²) in [6, 6.07) is 0. The molecule has 0 radical (unpaired) electrons. The highest BCUT2D eigenvalue weighted by Crippen LogP contribution is 2.65. The van der Waals surface area contributed by atoms with Crippen LogP contribution >= 0.6 is 0 Å². The molecule has 4 saturated carbocycles.